The molecule has 0 bridgehead atoms. The second-order valence-corrected chi connectivity index (χ2v) is 8.55. The third-order valence-electron chi connectivity index (χ3n) is 6.31. The number of hydrogen-bond acceptors (Lipinski definition) is 6. The molecule has 5 heterocycles. The van der Waals surface area contributed by atoms with E-state index in [1.165, 1.54) is 16.8 Å². The molecule has 0 saturated carbocycles. The molecule has 1 unspecified atom stereocenters. The second kappa shape index (κ2) is 7.63. The Balaban J connectivity index is 1.43. The molecule has 0 amide bonds. The van der Waals surface area contributed by atoms with Crippen molar-refractivity contribution in [2.24, 2.45) is 5.92 Å². The van der Waals surface area contributed by atoms with Crippen LogP contribution in [0.1, 0.15) is 19.4 Å². The number of rotatable bonds is 5. The highest BCUT2D eigenvalue weighted by atomic mass is 19.4. The number of pyridine rings is 2. The van der Waals surface area contributed by atoms with Gasteiger partial charge in [0.05, 0.1) is 18.0 Å². The smallest absolute Gasteiger partial charge is 0.376 e. The summed E-state index contributed by atoms with van der Waals surface area (Å²) in [6.45, 7) is 4.18. The van der Waals surface area contributed by atoms with Gasteiger partial charge in [-0.25, -0.2) is 19.6 Å². The van der Waals surface area contributed by atoms with Crippen molar-refractivity contribution in [3.63, 3.8) is 0 Å². The number of aromatic nitrogens is 6. The van der Waals surface area contributed by atoms with E-state index >= 15 is 0 Å². The number of likely N-dealkylation sites (tertiary alicyclic amines) is 1. The average molecular weight is 457 g/mol. The Morgan fingerprint density at radius 2 is 1.88 bits per heavy atom. The number of aromatic amines is 1. The molecule has 2 N–H and O–H groups in total. The number of H-pyrrole nitrogens is 1. The van der Waals surface area contributed by atoms with E-state index < -0.39 is 17.7 Å². The summed E-state index contributed by atoms with van der Waals surface area (Å²) in [4.78, 5) is 17.4. The van der Waals surface area contributed by atoms with Crippen molar-refractivity contribution in [2.75, 3.05) is 13.1 Å². The molecule has 4 aromatic heterocycles. The van der Waals surface area contributed by atoms with Crippen LogP contribution in [-0.4, -0.2) is 65.0 Å². The number of alkyl halides is 3. The van der Waals surface area contributed by atoms with E-state index in [2.05, 4.69) is 25.0 Å². The molecule has 1 saturated heterocycles. The summed E-state index contributed by atoms with van der Waals surface area (Å²) >= 11 is 0. The van der Waals surface area contributed by atoms with E-state index in [-0.39, 0.29) is 24.7 Å². The minimum atomic E-state index is -4.82. The predicted molar refractivity (Wildman–Crippen MR) is 114 cm³/mol. The van der Waals surface area contributed by atoms with Crippen LogP contribution in [0.15, 0.2) is 49.3 Å². The van der Waals surface area contributed by atoms with Gasteiger partial charge in [0, 0.05) is 60.3 Å². The van der Waals surface area contributed by atoms with Crippen molar-refractivity contribution in [1.29, 1.82) is 0 Å². The molecule has 5 rings (SSSR count). The monoisotopic (exact) mass is 457 g/mol. The van der Waals surface area contributed by atoms with Crippen LogP contribution in [0.4, 0.5) is 13.2 Å². The van der Waals surface area contributed by atoms with Gasteiger partial charge in [-0.2, -0.15) is 18.3 Å². The van der Waals surface area contributed by atoms with E-state index in [9.17, 15) is 18.3 Å². The Kier molecular flexibility index (Phi) is 4.98. The average Bonchev–Trinajstić information content (AvgIpc) is 3.41. The fourth-order valence-corrected chi connectivity index (χ4v) is 4.25. The lowest BCUT2D eigenvalue weighted by molar-refractivity contribution is -0.301. The van der Waals surface area contributed by atoms with Crippen molar-refractivity contribution >= 4 is 11.2 Å². The van der Waals surface area contributed by atoms with E-state index in [4.69, 9.17) is 0 Å². The number of halogens is 3. The van der Waals surface area contributed by atoms with E-state index in [0.717, 1.165) is 22.8 Å². The zero-order chi connectivity index (χ0) is 23.4. The Morgan fingerprint density at radius 1 is 1.09 bits per heavy atom. The Bertz CT molecular complexity index is 1280. The van der Waals surface area contributed by atoms with E-state index in [1.807, 2.05) is 24.8 Å². The number of nitrogens with one attached hydrogen (secondary N) is 1. The van der Waals surface area contributed by atoms with Crippen molar-refractivity contribution in [3.8, 4) is 16.9 Å². The zero-order valence-electron chi connectivity index (χ0n) is 18.0. The van der Waals surface area contributed by atoms with Crippen LogP contribution < -0.4 is 0 Å². The molecule has 11 heteroatoms. The summed E-state index contributed by atoms with van der Waals surface area (Å²) in [6, 6.07) is 4.65. The Labute approximate surface area is 187 Å². The van der Waals surface area contributed by atoms with Gasteiger partial charge in [-0.3, -0.25) is 0 Å². The molecule has 8 nitrogen and oxygen atoms in total. The van der Waals surface area contributed by atoms with Crippen molar-refractivity contribution in [2.45, 2.75) is 31.7 Å². The van der Waals surface area contributed by atoms with E-state index in [0.29, 0.717) is 11.5 Å². The lowest BCUT2D eigenvalue weighted by Gasteiger charge is -2.50. The lowest BCUT2D eigenvalue weighted by Crippen LogP contribution is -2.63. The second-order valence-electron chi connectivity index (χ2n) is 8.55. The summed E-state index contributed by atoms with van der Waals surface area (Å²) in [5.41, 5.74) is -0.290. The first-order valence-corrected chi connectivity index (χ1v) is 10.5. The predicted octanol–water partition coefficient (Wildman–Crippen LogP) is 3.30. The molecule has 4 aromatic rings. The molecule has 0 spiro atoms. The van der Waals surface area contributed by atoms with Gasteiger partial charge in [-0.1, -0.05) is 6.07 Å². The van der Waals surface area contributed by atoms with Gasteiger partial charge < -0.3 is 15.0 Å². The number of fused-ring (bicyclic) bond motifs is 1. The molecule has 1 aliphatic rings. The molecule has 1 aliphatic heterocycles. The van der Waals surface area contributed by atoms with Crippen molar-refractivity contribution in [3.05, 3.63) is 54.9 Å². The number of nitrogens with zero attached hydrogens (tertiary/aromatic N) is 6. The first kappa shape index (κ1) is 21.5. The van der Waals surface area contributed by atoms with Crippen LogP contribution in [0.5, 0.6) is 0 Å². The van der Waals surface area contributed by atoms with Gasteiger partial charge >= 0.3 is 6.18 Å². The first-order valence-electron chi connectivity index (χ1n) is 10.5. The minimum absolute atomic E-state index is 0.122. The van der Waals surface area contributed by atoms with Crippen LogP contribution in [0, 0.1) is 5.92 Å². The van der Waals surface area contributed by atoms with Crippen molar-refractivity contribution < 1.29 is 18.3 Å². The topological polar surface area (TPSA) is 95.8 Å². The normalized spacial score (nSPS) is 17.4. The standard InChI is InChI=1S/C22H22F3N7O/c1-13(2)31-10-16(11-31)21(33,22(23,24)25)15-3-4-18(27-8-15)32-9-14(7-30-32)17-5-6-26-20-19(17)28-12-29-20/h3-9,12-13,16,33H,10-11H2,1-2H3,(H,26,28,29). The van der Waals surface area contributed by atoms with Gasteiger partial charge in [0.25, 0.3) is 0 Å². The highest BCUT2D eigenvalue weighted by Gasteiger charge is 2.62. The maximum Gasteiger partial charge on any atom is 0.421 e. The molecular weight excluding hydrogens is 435 g/mol. The fourth-order valence-electron chi connectivity index (χ4n) is 4.25. The molecule has 1 fully saturated rings. The van der Waals surface area contributed by atoms with Crippen molar-refractivity contribution in [1.82, 2.24) is 34.6 Å². The third-order valence-corrected chi connectivity index (χ3v) is 6.31. The summed E-state index contributed by atoms with van der Waals surface area (Å²) < 4.78 is 43.4. The van der Waals surface area contributed by atoms with Gasteiger partial charge in [-0.05, 0) is 26.0 Å². The largest absolute Gasteiger partial charge is 0.421 e. The summed E-state index contributed by atoms with van der Waals surface area (Å²) in [5, 5.41) is 15.1. The van der Waals surface area contributed by atoms with Crippen LogP contribution in [0.2, 0.25) is 0 Å². The molecule has 0 aromatic carbocycles. The van der Waals surface area contributed by atoms with Crippen LogP contribution in [0.25, 0.3) is 28.1 Å². The molecule has 0 radical (unpaired) electrons. The molecular formula is C22H22F3N7O. The molecule has 1 atom stereocenters. The maximum atomic E-state index is 14.0. The fraction of sp³-hybridized carbons (Fsp3) is 0.364. The Hall–Kier alpha value is -3.31. The quantitative estimate of drug-likeness (QED) is 0.478. The minimum Gasteiger partial charge on any atom is -0.376 e. The summed E-state index contributed by atoms with van der Waals surface area (Å²) in [7, 11) is 0. The molecule has 33 heavy (non-hydrogen) atoms. The summed E-state index contributed by atoms with van der Waals surface area (Å²) in [6.07, 6.45) is 2.81. The third kappa shape index (κ3) is 3.47. The zero-order valence-corrected chi connectivity index (χ0v) is 18.0. The van der Waals surface area contributed by atoms with E-state index in [1.54, 1.807) is 24.9 Å². The number of aliphatic hydroxyl groups is 1. The first-order chi connectivity index (χ1) is 15.7. The maximum absolute atomic E-state index is 14.0. The molecule has 172 valence electrons. The lowest BCUT2D eigenvalue weighted by atomic mass is 9.76. The van der Waals surface area contributed by atoms with Gasteiger partial charge in [0.1, 0.15) is 0 Å². The van der Waals surface area contributed by atoms with Gasteiger partial charge in [0.2, 0.25) is 0 Å². The highest BCUT2D eigenvalue weighted by Crippen LogP contribution is 2.47. The number of hydrogen-bond donors (Lipinski definition) is 2. The SMILES string of the molecule is CC(C)N1CC(C(O)(c2ccc(-n3cc(-c4ccnc5nc[nH]c45)cn3)nc2)C(F)(F)F)C1. The van der Waals surface area contributed by atoms with Gasteiger partial charge in [0.15, 0.2) is 17.1 Å². The highest BCUT2D eigenvalue weighted by molar-refractivity contribution is 5.88. The molecule has 0 aliphatic carbocycles. The van der Waals surface area contributed by atoms with Crippen LogP contribution in [-0.2, 0) is 5.60 Å². The van der Waals surface area contributed by atoms with Gasteiger partial charge in [-0.15, -0.1) is 0 Å². The Morgan fingerprint density at radius 3 is 2.55 bits per heavy atom. The summed E-state index contributed by atoms with van der Waals surface area (Å²) in [5.74, 6) is -0.616. The van der Waals surface area contributed by atoms with Crippen LogP contribution in [0.3, 0.4) is 0 Å². The van der Waals surface area contributed by atoms with Crippen LogP contribution >= 0.6 is 0 Å². The number of imidazole rings is 1.